The predicted octanol–water partition coefficient (Wildman–Crippen LogP) is 2.34. The first kappa shape index (κ1) is 9.52. The van der Waals surface area contributed by atoms with Crippen molar-refractivity contribution in [1.29, 1.82) is 0 Å². The third-order valence-corrected chi connectivity index (χ3v) is 3.14. The topological polar surface area (TPSA) is 57.5 Å². The van der Waals surface area contributed by atoms with E-state index in [9.17, 15) is 9.90 Å². The summed E-state index contributed by atoms with van der Waals surface area (Å²) >= 11 is 3.20. The van der Waals surface area contributed by atoms with Crippen molar-refractivity contribution in [2.75, 3.05) is 0 Å². The van der Waals surface area contributed by atoms with Crippen molar-refractivity contribution < 1.29 is 15.0 Å². The molecular formula is C10H9BrO3. The molecule has 1 aliphatic rings. The van der Waals surface area contributed by atoms with Gasteiger partial charge in [-0.1, -0.05) is 6.07 Å². The number of benzene rings is 1. The van der Waals surface area contributed by atoms with Crippen molar-refractivity contribution in [2.24, 2.45) is 5.92 Å². The van der Waals surface area contributed by atoms with E-state index in [1.807, 2.05) is 0 Å². The van der Waals surface area contributed by atoms with E-state index in [0.29, 0.717) is 10.9 Å². The fourth-order valence-electron chi connectivity index (χ4n) is 1.59. The van der Waals surface area contributed by atoms with Gasteiger partial charge in [0, 0.05) is 0 Å². The van der Waals surface area contributed by atoms with E-state index in [-0.39, 0.29) is 17.6 Å². The summed E-state index contributed by atoms with van der Waals surface area (Å²) in [5, 5.41) is 18.0. The Bertz CT molecular complexity index is 389. The molecule has 1 fully saturated rings. The van der Waals surface area contributed by atoms with Crippen LogP contribution in [-0.2, 0) is 4.79 Å². The minimum absolute atomic E-state index is 0.115. The Morgan fingerprint density at radius 1 is 1.50 bits per heavy atom. The number of rotatable bonds is 2. The Hall–Kier alpha value is -1.03. The molecule has 2 N–H and O–H groups in total. The molecule has 2 rings (SSSR count). The number of aliphatic carboxylic acids is 1. The molecule has 2 unspecified atom stereocenters. The SMILES string of the molecule is O=C(O)C1CC1c1ccc(O)c(Br)c1. The zero-order chi connectivity index (χ0) is 10.3. The highest BCUT2D eigenvalue weighted by atomic mass is 79.9. The minimum Gasteiger partial charge on any atom is -0.507 e. The number of carboxylic acid groups (broad SMARTS) is 1. The molecule has 0 aliphatic heterocycles. The number of hydrogen-bond acceptors (Lipinski definition) is 2. The van der Waals surface area contributed by atoms with Crippen molar-refractivity contribution in [3.63, 3.8) is 0 Å². The Labute approximate surface area is 89.5 Å². The van der Waals surface area contributed by atoms with Gasteiger partial charge in [-0.2, -0.15) is 0 Å². The summed E-state index contributed by atoms with van der Waals surface area (Å²) in [6.45, 7) is 0. The van der Waals surface area contributed by atoms with Gasteiger partial charge >= 0.3 is 5.97 Å². The third-order valence-electron chi connectivity index (χ3n) is 2.51. The molecule has 1 aromatic rings. The van der Waals surface area contributed by atoms with Crippen LogP contribution in [0.5, 0.6) is 5.75 Å². The summed E-state index contributed by atoms with van der Waals surface area (Å²) in [7, 11) is 0. The summed E-state index contributed by atoms with van der Waals surface area (Å²) in [5.41, 5.74) is 0.974. The average Bonchev–Trinajstić information content (AvgIpc) is 2.89. The van der Waals surface area contributed by atoms with Gasteiger partial charge in [0.1, 0.15) is 5.75 Å². The van der Waals surface area contributed by atoms with Crippen molar-refractivity contribution in [3.8, 4) is 5.75 Å². The lowest BCUT2D eigenvalue weighted by atomic mass is 10.1. The lowest BCUT2D eigenvalue weighted by Crippen LogP contribution is -1.98. The van der Waals surface area contributed by atoms with Crippen LogP contribution in [0.1, 0.15) is 17.9 Å². The lowest BCUT2D eigenvalue weighted by molar-refractivity contribution is -0.138. The first-order valence-electron chi connectivity index (χ1n) is 4.31. The molecule has 1 aromatic carbocycles. The number of hydrogen-bond donors (Lipinski definition) is 2. The molecule has 0 saturated heterocycles. The summed E-state index contributed by atoms with van der Waals surface area (Å²) in [5.74, 6) is -0.684. The number of halogens is 1. The Balaban J connectivity index is 2.20. The van der Waals surface area contributed by atoms with Gasteiger partial charge in [-0.15, -0.1) is 0 Å². The summed E-state index contributed by atoms with van der Waals surface area (Å²) < 4.78 is 0.617. The average molecular weight is 257 g/mol. The highest BCUT2D eigenvalue weighted by Gasteiger charge is 2.44. The summed E-state index contributed by atoms with van der Waals surface area (Å²) in [4.78, 5) is 10.6. The fraction of sp³-hybridized carbons (Fsp3) is 0.300. The second-order valence-corrected chi connectivity index (χ2v) is 4.35. The van der Waals surface area contributed by atoms with E-state index in [1.165, 1.54) is 0 Å². The molecule has 0 aromatic heterocycles. The van der Waals surface area contributed by atoms with Crippen LogP contribution in [0.3, 0.4) is 0 Å². The van der Waals surface area contributed by atoms with Crippen LogP contribution in [0.4, 0.5) is 0 Å². The molecule has 3 nitrogen and oxygen atoms in total. The Kier molecular flexibility index (Phi) is 2.23. The van der Waals surface area contributed by atoms with E-state index in [4.69, 9.17) is 5.11 Å². The number of aromatic hydroxyl groups is 1. The van der Waals surface area contributed by atoms with Crippen LogP contribution in [0, 0.1) is 5.92 Å². The fourth-order valence-corrected chi connectivity index (χ4v) is 1.99. The van der Waals surface area contributed by atoms with Crippen molar-refractivity contribution in [1.82, 2.24) is 0 Å². The minimum atomic E-state index is -0.737. The lowest BCUT2D eigenvalue weighted by Gasteiger charge is -2.01. The molecule has 2 atom stereocenters. The van der Waals surface area contributed by atoms with E-state index < -0.39 is 5.97 Å². The van der Waals surface area contributed by atoms with Gasteiger partial charge in [-0.3, -0.25) is 4.79 Å². The van der Waals surface area contributed by atoms with Crippen LogP contribution < -0.4 is 0 Å². The second-order valence-electron chi connectivity index (χ2n) is 3.50. The van der Waals surface area contributed by atoms with Crippen LogP contribution in [0.25, 0.3) is 0 Å². The first-order chi connectivity index (χ1) is 6.59. The monoisotopic (exact) mass is 256 g/mol. The van der Waals surface area contributed by atoms with Gasteiger partial charge in [-0.25, -0.2) is 0 Å². The summed E-state index contributed by atoms with van der Waals surface area (Å²) in [6.07, 6.45) is 0.701. The van der Waals surface area contributed by atoms with Crippen molar-refractivity contribution in [3.05, 3.63) is 28.2 Å². The molecule has 14 heavy (non-hydrogen) atoms. The van der Waals surface area contributed by atoms with Crippen molar-refractivity contribution >= 4 is 21.9 Å². The molecule has 0 spiro atoms. The first-order valence-corrected chi connectivity index (χ1v) is 5.10. The maximum atomic E-state index is 10.6. The third kappa shape index (κ3) is 1.62. The van der Waals surface area contributed by atoms with E-state index in [2.05, 4.69) is 15.9 Å². The Morgan fingerprint density at radius 2 is 2.21 bits per heavy atom. The Morgan fingerprint density at radius 3 is 2.71 bits per heavy atom. The van der Waals surface area contributed by atoms with Gasteiger partial charge < -0.3 is 10.2 Å². The van der Waals surface area contributed by atoms with E-state index in [0.717, 1.165) is 5.56 Å². The van der Waals surface area contributed by atoms with Gasteiger partial charge in [0.25, 0.3) is 0 Å². The molecule has 0 bridgehead atoms. The highest BCUT2D eigenvalue weighted by molar-refractivity contribution is 9.10. The van der Waals surface area contributed by atoms with E-state index >= 15 is 0 Å². The molecular weight excluding hydrogens is 248 g/mol. The maximum Gasteiger partial charge on any atom is 0.307 e. The van der Waals surface area contributed by atoms with E-state index in [1.54, 1.807) is 18.2 Å². The van der Waals surface area contributed by atoms with Gasteiger partial charge in [-0.05, 0) is 46.0 Å². The smallest absolute Gasteiger partial charge is 0.307 e. The van der Waals surface area contributed by atoms with Crippen molar-refractivity contribution in [2.45, 2.75) is 12.3 Å². The number of carboxylic acids is 1. The van der Waals surface area contributed by atoms with Crippen LogP contribution in [0.15, 0.2) is 22.7 Å². The van der Waals surface area contributed by atoms with Gasteiger partial charge in [0.15, 0.2) is 0 Å². The van der Waals surface area contributed by atoms with Crippen LogP contribution in [-0.4, -0.2) is 16.2 Å². The number of carbonyl (C=O) groups is 1. The second kappa shape index (κ2) is 3.28. The number of phenolic OH excluding ortho intramolecular Hbond substituents is 1. The molecule has 0 amide bonds. The van der Waals surface area contributed by atoms with Gasteiger partial charge in [0.05, 0.1) is 10.4 Å². The highest BCUT2D eigenvalue weighted by Crippen LogP contribution is 2.48. The molecule has 0 radical (unpaired) electrons. The molecule has 1 saturated carbocycles. The number of phenols is 1. The molecule has 4 heteroatoms. The quantitative estimate of drug-likeness (QED) is 0.854. The standard InChI is InChI=1S/C10H9BrO3/c11-8-3-5(1-2-9(8)12)6-4-7(6)10(13)14/h1-3,6-7,12H,4H2,(H,13,14). The zero-order valence-electron chi connectivity index (χ0n) is 7.27. The summed E-state index contributed by atoms with van der Waals surface area (Å²) in [6, 6.07) is 5.13. The van der Waals surface area contributed by atoms with Gasteiger partial charge in [0.2, 0.25) is 0 Å². The molecule has 0 heterocycles. The molecule has 74 valence electrons. The normalized spacial score (nSPS) is 24.6. The zero-order valence-corrected chi connectivity index (χ0v) is 8.86. The van der Waals surface area contributed by atoms with Crippen LogP contribution in [0.2, 0.25) is 0 Å². The maximum absolute atomic E-state index is 10.6. The van der Waals surface area contributed by atoms with Crippen LogP contribution >= 0.6 is 15.9 Å². The predicted molar refractivity (Wildman–Crippen MR) is 54.3 cm³/mol. The molecule has 1 aliphatic carbocycles. The largest absolute Gasteiger partial charge is 0.507 e.